The number of nitrogens with zero attached hydrogens (tertiary/aromatic N) is 2. The molecule has 0 bridgehead atoms. The first-order valence-corrected chi connectivity index (χ1v) is 11.6. The van der Waals surface area contributed by atoms with Crippen LogP contribution in [0.1, 0.15) is 91.5 Å². The van der Waals surface area contributed by atoms with E-state index in [-0.39, 0.29) is 24.7 Å². The molecule has 1 aromatic heterocycles. The molecule has 0 amide bonds. The van der Waals surface area contributed by atoms with Crippen molar-refractivity contribution in [3.63, 3.8) is 0 Å². The Kier molecular flexibility index (Phi) is 8.86. The average Bonchev–Trinajstić information content (AvgIpc) is 2.82. The number of Topliss-reactive ketones (excluding diaryl/α,β-unsaturated/α-hetero) is 2. The minimum absolute atomic E-state index is 0.0904. The number of ketones is 2. The molecule has 0 saturated heterocycles. The molecule has 0 atom stereocenters. The van der Waals surface area contributed by atoms with Crippen molar-refractivity contribution < 1.29 is 14.0 Å². The van der Waals surface area contributed by atoms with Crippen molar-refractivity contribution in [3.05, 3.63) is 59.2 Å². The van der Waals surface area contributed by atoms with Crippen molar-refractivity contribution in [2.75, 3.05) is 6.67 Å². The summed E-state index contributed by atoms with van der Waals surface area (Å²) in [5, 5.41) is 0. The molecule has 1 saturated carbocycles. The number of hydrogen-bond acceptors (Lipinski definition) is 4. The van der Waals surface area contributed by atoms with Crippen LogP contribution in [0.2, 0.25) is 0 Å². The van der Waals surface area contributed by atoms with Crippen LogP contribution < -0.4 is 0 Å². The summed E-state index contributed by atoms with van der Waals surface area (Å²) in [5.41, 5.74) is 3.11. The maximum atomic E-state index is 12.6. The Labute approximate surface area is 184 Å². The van der Waals surface area contributed by atoms with Crippen molar-refractivity contribution in [3.8, 4) is 0 Å². The van der Waals surface area contributed by atoms with Crippen LogP contribution >= 0.6 is 0 Å². The number of halogens is 1. The van der Waals surface area contributed by atoms with Gasteiger partial charge in [0, 0.05) is 31.7 Å². The van der Waals surface area contributed by atoms with Crippen LogP contribution in [0.5, 0.6) is 0 Å². The molecule has 0 N–H and O–H groups in total. The van der Waals surface area contributed by atoms with E-state index >= 15 is 0 Å². The molecule has 31 heavy (non-hydrogen) atoms. The maximum absolute atomic E-state index is 12.6. The van der Waals surface area contributed by atoms with Gasteiger partial charge in [-0.25, -0.2) is 9.97 Å². The Morgan fingerprint density at radius 2 is 1.65 bits per heavy atom. The number of benzene rings is 1. The van der Waals surface area contributed by atoms with E-state index in [2.05, 4.69) is 9.97 Å². The molecule has 1 aliphatic rings. The number of aromatic nitrogens is 2. The zero-order chi connectivity index (χ0) is 22.1. The van der Waals surface area contributed by atoms with E-state index in [1.165, 1.54) is 0 Å². The molecule has 1 aromatic carbocycles. The molecule has 0 aliphatic heterocycles. The van der Waals surface area contributed by atoms with Gasteiger partial charge in [0.15, 0.2) is 5.82 Å². The van der Waals surface area contributed by atoms with Crippen molar-refractivity contribution in [1.82, 2.24) is 9.97 Å². The number of alkyl halides is 1. The topological polar surface area (TPSA) is 59.9 Å². The first-order chi connectivity index (χ1) is 15.1. The van der Waals surface area contributed by atoms with Gasteiger partial charge in [0.1, 0.15) is 5.78 Å². The Bertz CT molecular complexity index is 841. The molecule has 0 radical (unpaired) electrons. The van der Waals surface area contributed by atoms with Crippen molar-refractivity contribution >= 4 is 11.6 Å². The fourth-order valence-electron chi connectivity index (χ4n) is 4.38. The van der Waals surface area contributed by atoms with Gasteiger partial charge in [-0.15, -0.1) is 0 Å². The van der Waals surface area contributed by atoms with E-state index < -0.39 is 0 Å². The first-order valence-electron chi connectivity index (χ1n) is 11.6. The Morgan fingerprint density at radius 3 is 2.26 bits per heavy atom. The van der Waals surface area contributed by atoms with Crippen LogP contribution in [-0.2, 0) is 17.6 Å². The molecule has 4 nitrogen and oxygen atoms in total. The van der Waals surface area contributed by atoms with Gasteiger partial charge >= 0.3 is 0 Å². The van der Waals surface area contributed by atoms with Crippen LogP contribution in [0.3, 0.4) is 0 Å². The third kappa shape index (κ3) is 7.05. The zero-order valence-corrected chi connectivity index (χ0v) is 18.5. The minimum Gasteiger partial charge on any atom is -0.300 e. The summed E-state index contributed by atoms with van der Waals surface area (Å²) in [6.45, 7) is 1.62. The highest BCUT2D eigenvalue weighted by Gasteiger charge is 2.23. The molecule has 0 spiro atoms. The van der Waals surface area contributed by atoms with Gasteiger partial charge in [0.2, 0.25) is 5.78 Å². The standard InChI is InChI=1S/C26H33FN2O2/c1-2-24(30)14-11-20-9-12-22(13-10-20)23-17-28-26(29-18-23)25(31)16-21-7-5-19(6-8-21)4-3-15-27/h5-8,17-18,20,22H,2-4,9-16H2,1H3. The summed E-state index contributed by atoms with van der Waals surface area (Å²) in [4.78, 5) is 32.8. The highest BCUT2D eigenvalue weighted by molar-refractivity contribution is 5.94. The van der Waals surface area contributed by atoms with E-state index in [0.717, 1.165) is 48.8 Å². The van der Waals surface area contributed by atoms with Gasteiger partial charge in [-0.3, -0.25) is 14.0 Å². The molecule has 166 valence electrons. The lowest BCUT2D eigenvalue weighted by Crippen LogP contribution is -2.16. The monoisotopic (exact) mass is 424 g/mol. The fraction of sp³-hybridized carbons (Fsp3) is 0.538. The van der Waals surface area contributed by atoms with Gasteiger partial charge in [-0.2, -0.15) is 0 Å². The molecule has 1 heterocycles. The second-order valence-electron chi connectivity index (χ2n) is 8.70. The molecular formula is C26H33FN2O2. The van der Waals surface area contributed by atoms with Crippen molar-refractivity contribution in [2.45, 2.75) is 77.0 Å². The number of carbonyl (C=O) groups is 2. The molecule has 2 aromatic rings. The molecule has 1 aliphatic carbocycles. The minimum atomic E-state index is -0.311. The fourth-order valence-corrected chi connectivity index (χ4v) is 4.38. The van der Waals surface area contributed by atoms with Crippen LogP contribution in [0, 0.1) is 5.92 Å². The average molecular weight is 425 g/mol. The molecule has 0 unspecified atom stereocenters. The van der Waals surface area contributed by atoms with Crippen LogP contribution in [0.15, 0.2) is 36.7 Å². The highest BCUT2D eigenvalue weighted by Crippen LogP contribution is 2.37. The Morgan fingerprint density at radius 1 is 1.00 bits per heavy atom. The number of aryl methyl sites for hydroxylation is 1. The highest BCUT2D eigenvalue weighted by atomic mass is 19.1. The maximum Gasteiger partial charge on any atom is 0.204 e. The van der Waals surface area contributed by atoms with Gasteiger partial charge in [0.05, 0.1) is 6.67 Å². The smallest absolute Gasteiger partial charge is 0.204 e. The second kappa shape index (κ2) is 11.8. The van der Waals surface area contributed by atoms with Crippen LogP contribution in [0.4, 0.5) is 4.39 Å². The lowest BCUT2D eigenvalue weighted by atomic mass is 9.77. The predicted molar refractivity (Wildman–Crippen MR) is 120 cm³/mol. The predicted octanol–water partition coefficient (Wildman–Crippen LogP) is 5.84. The van der Waals surface area contributed by atoms with E-state index in [9.17, 15) is 14.0 Å². The summed E-state index contributed by atoms with van der Waals surface area (Å²) in [6.07, 6.45) is 12.0. The summed E-state index contributed by atoms with van der Waals surface area (Å²) < 4.78 is 12.3. The lowest BCUT2D eigenvalue weighted by Gasteiger charge is -2.28. The van der Waals surface area contributed by atoms with E-state index in [1.54, 1.807) is 0 Å². The second-order valence-corrected chi connectivity index (χ2v) is 8.70. The Balaban J connectivity index is 1.48. The lowest BCUT2D eigenvalue weighted by molar-refractivity contribution is -0.119. The SMILES string of the molecule is CCC(=O)CCC1CCC(c2cnc(C(=O)Cc3ccc(CCCF)cc3)nc2)CC1. The quantitative estimate of drug-likeness (QED) is 0.425. The van der Waals surface area contributed by atoms with Crippen molar-refractivity contribution in [2.24, 2.45) is 5.92 Å². The van der Waals surface area contributed by atoms with E-state index in [0.29, 0.717) is 43.3 Å². The van der Waals surface area contributed by atoms with Crippen molar-refractivity contribution in [1.29, 1.82) is 0 Å². The normalized spacial score (nSPS) is 18.6. The Hall–Kier alpha value is -2.43. The summed E-state index contributed by atoms with van der Waals surface area (Å²) >= 11 is 0. The molecular weight excluding hydrogens is 391 g/mol. The number of hydrogen-bond donors (Lipinski definition) is 0. The first kappa shape index (κ1) is 23.2. The van der Waals surface area contributed by atoms with Gasteiger partial charge in [-0.1, -0.05) is 31.2 Å². The molecule has 5 heteroatoms. The number of rotatable bonds is 11. The van der Waals surface area contributed by atoms with Crippen LogP contribution in [-0.4, -0.2) is 28.2 Å². The third-order valence-electron chi connectivity index (χ3n) is 6.45. The summed E-state index contributed by atoms with van der Waals surface area (Å²) in [6, 6.07) is 7.76. The van der Waals surface area contributed by atoms with E-state index in [4.69, 9.17) is 0 Å². The van der Waals surface area contributed by atoms with Gasteiger partial charge in [0.25, 0.3) is 0 Å². The van der Waals surface area contributed by atoms with E-state index in [1.807, 2.05) is 43.6 Å². The van der Waals surface area contributed by atoms with Crippen LogP contribution in [0.25, 0.3) is 0 Å². The van der Waals surface area contributed by atoms with Gasteiger partial charge in [-0.05, 0) is 73.5 Å². The third-order valence-corrected chi connectivity index (χ3v) is 6.45. The molecule has 3 rings (SSSR count). The van der Waals surface area contributed by atoms with Gasteiger partial charge < -0.3 is 0 Å². The largest absolute Gasteiger partial charge is 0.300 e. The number of carbonyl (C=O) groups excluding carboxylic acids is 2. The summed E-state index contributed by atoms with van der Waals surface area (Å²) in [7, 11) is 0. The zero-order valence-electron chi connectivity index (χ0n) is 18.5. The molecule has 1 fully saturated rings. The summed E-state index contributed by atoms with van der Waals surface area (Å²) in [5.74, 6) is 1.63.